The van der Waals surface area contributed by atoms with Crippen LogP contribution in [0.2, 0.25) is 0 Å². The molecule has 0 saturated heterocycles. The van der Waals surface area contributed by atoms with Crippen LogP contribution >= 0.6 is 0 Å². The average Bonchev–Trinajstić information content (AvgIpc) is 2.73. The minimum Gasteiger partial charge on any atom is -0.486 e. The Balaban J connectivity index is 1.80. The number of ether oxygens (including phenoxy) is 3. The van der Waals surface area contributed by atoms with Crippen LogP contribution in [0.15, 0.2) is 42.5 Å². The average molecular weight is 448 g/mol. The zero-order valence-electron chi connectivity index (χ0n) is 17.5. The first-order valence-electron chi connectivity index (χ1n) is 9.68. The predicted molar refractivity (Wildman–Crippen MR) is 115 cm³/mol. The Labute approximate surface area is 181 Å². The van der Waals surface area contributed by atoms with E-state index >= 15 is 0 Å². The molecule has 1 N–H and O–H groups in total. The second kappa shape index (κ2) is 9.25. The fourth-order valence-electron chi connectivity index (χ4n) is 3.13. The summed E-state index contributed by atoms with van der Waals surface area (Å²) in [5.74, 6) is -0.0680. The van der Waals surface area contributed by atoms with Crippen molar-refractivity contribution < 1.29 is 32.2 Å². The van der Waals surface area contributed by atoms with Crippen LogP contribution in [0.4, 0.5) is 11.4 Å². The van der Waals surface area contributed by atoms with Gasteiger partial charge < -0.3 is 19.5 Å². The van der Waals surface area contributed by atoms with Crippen molar-refractivity contribution in [2.24, 2.45) is 0 Å². The molecule has 0 fully saturated rings. The molecule has 1 heterocycles. The van der Waals surface area contributed by atoms with Crippen molar-refractivity contribution in [2.45, 2.75) is 19.9 Å². The van der Waals surface area contributed by atoms with Crippen LogP contribution in [0.1, 0.15) is 24.2 Å². The summed E-state index contributed by atoms with van der Waals surface area (Å²) in [6.07, 6.45) is 1.03. The van der Waals surface area contributed by atoms with Crippen LogP contribution < -0.4 is 19.1 Å². The van der Waals surface area contributed by atoms with Gasteiger partial charge in [-0.25, -0.2) is 13.2 Å². The summed E-state index contributed by atoms with van der Waals surface area (Å²) >= 11 is 0. The van der Waals surface area contributed by atoms with E-state index in [9.17, 15) is 18.0 Å². The van der Waals surface area contributed by atoms with Gasteiger partial charge in [-0.2, -0.15) is 0 Å². The Hall–Kier alpha value is -3.27. The van der Waals surface area contributed by atoms with Crippen molar-refractivity contribution >= 4 is 33.3 Å². The van der Waals surface area contributed by atoms with Gasteiger partial charge in [0.2, 0.25) is 15.9 Å². The molecule has 31 heavy (non-hydrogen) atoms. The van der Waals surface area contributed by atoms with Crippen LogP contribution in [0.25, 0.3) is 0 Å². The molecular formula is C21H24N2O7S. The quantitative estimate of drug-likeness (QED) is 0.648. The molecule has 166 valence electrons. The Morgan fingerprint density at radius 3 is 2.35 bits per heavy atom. The predicted octanol–water partition coefficient (Wildman–Crippen LogP) is 2.43. The summed E-state index contributed by atoms with van der Waals surface area (Å²) in [6.45, 7) is 4.22. The summed E-state index contributed by atoms with van der Waals surface area (Å²) in [4.78, 5) is 24.6. The highest BCUT2D eigenvalue weighted by Crippen LogP contribution is 2.35. The standard InChI is InChI=1S/C21H24N2O7S/c1-4-28-21(25)15-5-7-16(8-6-15)22-20(24)14(2)23(31(3,26)27)17-9-10-18-19(13-17)30-12-11-29-18/h5-10,13-14H,4,11-12H2,1-3H3,(H,22,24)/t14-/m1/s1. The molecule has 2 aromatic rings. The number of esters is 1. The van der Waals surface area contributed by atoms with Crippen molar-refractivity contribution in [3.8, 4) is 11.5 Å². The van der Waals surface area contributed by atoms with Gasteiger partial charge in [0.15, 0.2) is 11.5 Å². The maximum absolute atomic E-state index is 12.8. The second-order valence-electron chi connectivity index (χ2n) is 6.85. The van der Waals surface area contributed by atoms with Crippen LogP contribution in [0.5, 0.6) is 11.5 Å². The van der Waals surface area contributed by atoms with Crippen LogP contribution in [-0.4, -0.2) is 52.4 Å². The van der Waals surface area contributed by atoms with Crippen molar-refractivity contribution in [2.75, 3.05) is 35.7 Å². The maximum Gasteiger partial charge on any atom is 0.338 e. The van der Waals surface area contributed by atoms with Gasteiger partial charge in [-0.3, -0.25) is 9.10 Å². The number of hydrogen-bond donors (Lipinski definition) is 1. The first kappa shape index (κ1) is 22.4. The van der Waals surface area contributed by atoms with E-state index in [1.165, 1.54) is 25.1 Å². The minimum absolute atomic E-state index is 0.260. The molecule has 1 atom stereocenters. The lowest BCUT2D eigenvalue weighted by atomic mass is 10.2. The monoisotopic (exact) mass is 448 g/mol. The number of nitrogens with one attached hydrogen (secondary N) is 1. The molecule has 3 rings (SSSR count). The van der Waals surface area contributed by atoms with Gasteiger partial charge in [-0.15, -0.1) is 0 Å². The van der Waals surface area contributed by atoms with Gasteiger partial charge in [0.25, 0.3) is 0 Å². The van der Waals surface area contributed by atoms with Crippen molar-refractivity contribution in [3.05, 3.63) is 48.0 Å². The lowest BCUT2D eigenvalue weighted by Crippen LogP contribution is -2.45. The molecule has 0 aromatic heterocycles. The van der Waals surface area contributed by atoms with E-state index in [4.69, 9.17) is 14.2 Å². The second-order valence-corrected chi connectivity index (χ2v) is 8.71. The third-order valence-corrected chi connectivity index (χ3v) is 5.77. The molecule has 0 radical (unpaired) electrons. The third-order valence-electron chi connectivity index (χ3n) is 4.53. The summed E-state index contributed by atoms with van der Waals surface area (Å²) in [5, 5.41) is 2.67. The summed E-state index contributed by atoms with van der Waals surface area (Å²) in [6, 6.07) is 9.79. The molecule has 2 aromatic carbocycles. The number of rotatable bonds is 7. The van der Waals surface area contributed by atoms with Gasteiger partial charge in [0.05, 0.1) is 24.1 Å². The normalized spacial score (nSPS) is 13.8. The van der Waals surface area contributed by atoms with E-state index in [1.54, 1.807) is 31.2 Å². The Morgan fingerprint density at radius 1 is 1.10 bits per heavy atom. The van der Waals surface area contributed by atoms with Gasteiger partial charge in [-0.05, 0) is 50.2 Å². The molecule has 0 unspecified atom stereocenters. The van der Waals surface area contributed by atoms with Gasteiger partial charge in [0, 0.05) is 11.8 Å². The van der Waals surface area contributed by atoms with Gasteiger partial charge in [0.1, 0.15) is 19.3 Å². The maximum atomic E-state index is 12.8. The van der Waals surface area contributed by atoms with E-state index < -0.39 is 27.9 Å². The highest BCUT2D eigenvalue weighted by molar-refractivity contribution is 7.92. The number of nitrogens with zero attached hydrogens (tertiary/aromatic N) is 1. The zero-order valence-corrected chi connectivity index (χ0v) is 18.3. The minimum atomic E-state index is -3.79. The van der Waals surface area contributed by atoms with E-state index in [0.29, 0.717) is 36.0 Å². The Kier molecular flexibility index (Phi) is 6.69. The van der Waals surface area contributed by atoms with E-state index in [1.807, 2.05) is 0 Å². The number of carbonyl (C=O) groups is 2. The number of benzene rings is 2. The highest BCUT2D eigenvalue weighted by atomic mass is 32.2. The lowest BCUT2D eigenvalue weighted by Gasteiger charge is -2.29. The fraction of sp³-hybridized carbons (Fsp3) is 0.333. The smallest absolute Gasteiger partial charge is 0.338 e. The molecule has 0 spiro atoms. The highest BCUT2D eigenvalue weighted by Gasteiger charge is 2.30. The van der Waals surface area contributed by atoms with E-state index in [-0.39, 0.29) is 12.3 Å². The zero-order chi connectivity index (χ0) is 22.6. The summed E-state index contributed by atoms with van der Waals surface area (Å²) in [5.41, 5.74) is 1.05. The summed E-state index contributed by atoms with van der Waals surface area (Å²) < 4.78 is 41.9. The number of fused-ring (bicyclic) bond motifs is 1. The van der Waals surface area contributed by atoms with Crippen molar-refractivity contribution in [1.29, 1.82) is 0 Å². The molecule has 0 aliphatic carbocycles. The first-order chi connectivity index (χ1) is 14.7. The van der Waals surface area contributed by atoms with Crippen LogP contribution in [0, 0.1) is 0 Å². The SMILES string of the molecule is CCOC(=O)c1ccc(NC(=O)[C@@H](C)N(c2ccc3c(c2)OCCO3)S(C)(=O)=O)cc1. The van der Waals surface area contributed by atoms with Crippen molar-refractivity contribution in [1.82, 2.24) is 0 Å². The molecule has 1 aliphatic heterocycles. The third kappa shape index (κ3) is 5.26. The number of hydrogen-bond acceptors (Lipinski definition) is 7. The van der Waals surface area contributed by atoms with Crippen LogP contribution in [0.3, 0.4) is 0 Å². The van der Waals surface area contributed by atoms with Gasteiger partial charge >= 0.3 is 5.97 Å². The largest absolute Gasteiger partial charge is 0.486 e. The molecule has 9 nitrogen and oxygen atoms in total. The molecular weight excluding hydrogens is 424 g/mol. The van der Waals surface area contributed by atoms with Crippen LogP contribution in [-0.2, 0) is 19.6 Å². The van der Waals surface area contributed by atoms with Crippen molar-refractivity contribution in [3.63, 3.8) is 0 Å². The van der Waals surface area contributed by atoms with E-state index in [0.717, 1.165) is 10.6 Å². The number of amides is 1. The topological polar surface area (TPSA) is 111 Å². The first-order valence-corrected chi connectivity index (χ1v) is 11.5. The fourth-order valence-corrected chi connectivity index (χ4v) is 4.30. The Morgan fingerprint density at radius 2 is 1.74 bits per heavy atom. The molecule has 0 bridgehead atoms. The van der Waals surface area contributed by atoms with Gasteiger partial charge in [-0.1, -0.05) is 0 Å². The van der Waals surface area contributed by atoms with E-state index in [2.05, 4.69) is 5.32 Å². The Bertz CT molecular complexity index is 1070. The molecule has 1 amide bonds. The number of sulfonamides is 1. The molecule has 1 aliphatic rings. The molecule has 10 heteroatoms. The number of anilines is 2. The number of carbonyl (C=O) groups excluding carboxylic acids is 2. The lowest BCUT2D eigenvalue weighted by molar-refractivity contribution is -0.116. The molecule has 0 saturated carbocycles. The summed E-state index contributed by atoms with van der Waals surface area (Å²) in [7, 11) is -3.79.